The summed E-state index contributed by atoms with van der Waals surface area (Å²) in [6.45, 7) is 13.1. The Morgan fingerprint density at radius 1 is 1.36 bits per heavy atom. The molecule has 1 N–H and O–H groups in total. The SMILES string of the molecule is CC(C)(C)CNCC1COC(C)(C)O1. The molecule has 1 atom stereocenters. The largest absolute Gasteiger partial charge is 0.348 e. The Kier molecular flexibility index (Phi) is 3.56. The molecule has 0 saturated carbocycles. The third-order valence-corrected chi connectivity index (χ3v) is 2.09. The van der Waals surface area contributed by atoms with Gasteiger partial charge >= 0.3 is 0 Å². The molecule has 0 aromatic rings. The van der Waals surface area contributed by atoms with Gasteiger partial charge in [-0.1, -0.05) is 20.8 Å². The molecule has 84 valence electrons. The Labute approximate surface area is 87.2 Å². The van der Waals surface area contributed by atoms with Gasteiger partial charge in [-0.3, -0.25) is 0 Å². The van der Waals surface area contributed by atoms with Crippen LogP contribution in [0.15, 0.2) is 0 Å². The van der Waals surface area contributed by atoms with Crippen LogP contribution < -0.4 is 5.32 Å². The van der Waals surface area contributed by atoms with Crippen molar-refractivity contribution in [3.8, 4) is 0 Å². The van der Waals surface area contributed by atoms with Gasteiger partial charge in [0.2, 0.25) is 0 Å². The zero-order chi connectivity index (χ0) is 10.8. The highest BCUT2D eigenvalue weighted by Crippen LogP contribution is 2.21. The first-order chi connectivity index (χ1) is 6.29. The average molecular weight is 201 g/mol. The van der Waals surface area contributed by atoms with Crippen LogP contribution in [0.2, 0.25) is 0 Å². The number of ether oxygens (including phenoxy) is 2. The molecule has 1 rings (SSSR count). The normalized spacial score (nSPS) is 26.8. The van der Waals surface area contributed by atoms with Crippen LogP contribution in [0.4, 0.5) is 0 Å². The van der Waals surface area contributed by atoms with Crippen molar-refractivity contribution in [1.82, 2.24) is 5.32 Å². The number of hydrogen-bond acceptors (Lipinski definition) is 3. The Balaban J connectivity index is 2.15. The molecule has 1 heterocycles. The van der Waals surface area contributed by atoms with Crippen LogP contribution in [0.1, 0.15) is 34.6 Å². The molecule has 0 bridgehead atoms. The summed E-state index contributed by atoms with van der Waals surface area (Å²) in [4.78, 5) is 0. The van der Waals surface area contributed by atoms with Crippen molar-refractivity contribution in [2.24, 2.45) is 5.41 Å². The summed E-state index contributed by atoms with van der Waals surface area (Å²) in [5.41, 5.74) is 0.328. The topological polar surface area (TPSA) is 30.5 Å². The molecule has 14 heavy (non-hydrogen) atoms. The number of nitrogens with one attached hydrogen (secondary N) is 1. The highest BCUT2D eigenvalue weighted by molar-refractivity contribution is 4.74. The summed E-state index contributed by atoms with van der Waals surface area (Å²) < 4.78 is 11.2. The molecule has 1 aliphatic rings. The van der Waals surface area contributed by atoms with Crippen LogP contribution in [-0.4, -0.2) is 31.6 Å². The predicted molar refractivity (Wildman–Crippen MR) is 57.2 cm³/mol. The van der Waals surface area contributed by atoms with Crippen molar-refractivity contribution < 1.29 is 9.47 Å². The summed E-state index contributed by atoms with van der Waals surface area (Å²) in [7, 11) is 0. The van der Waals surface area contributed by atoms with Gasteiger partial charge in [0.05, 0.1) is 12.7 Å². The maximum absolute atomic E-state index is 5.68. The van der Waals surface area contributed by atoms with Crippen LogP contribution in [0.3, 0.4) is 0 Å². The molecule has 0 aliphatic carbocycles. The molecule has 0 aromatic heterocycles. The first-order valence-corrected chi connectivity index (χ1v) is 5.31. The summed E-state index contributed by atoms with van der Waals surface area (Å²) in [5.74, 6) is -0.395. The van der Waals surface area contributed by atoms with E-state index in [1.165, 1.54) is 0 Å². The van der Waals surface area contributed by atoms with Crippen LogP contribution in [0.25, 0.3) is 0 Å². The van der Waals surface area contributed by atoms with E-state index in [-0.39, 0.29) is 6.10 Å². The van der Waals surface area contributed by atoms with Crippen molar-refractivity contribution in [3.05, 3.63) is 0 Å². The Morgan fingerprint density at radius 2 is 2.00 bits per heavy atom. The second kappa shape index (κ2) is 4.17. The minimum absolute atomic E-state index is 0.201. The lowest BCUT2D eigenvalue weighted by atomic mass is 9.97. The molecule has 0 amide bonds. The molecule has 0 radical (unpaired) electrons. The summed E-state index contributed by atoms with van der Waals surface area (Å²) in [6, 6.07) is 0. The fourth-order valence-corrected chi connectivity index (χ4v) is 1.47. The third kappa shape index (κ3) is 4.40. The number of rotatable bonds is 3. The lowest BCUT2D eigenvalue weighted by molar-refractivity contribution is -0.137. The van der Waals surface area contributed by atoms with E-state index in [9.17, 15) is 0 Å². The lowest BCUT2D eigenvalue weighted by Gasteiger charge is -2.21. The van der Waals surface area contributed by atoms with Gasteiger partial charge in [-0.05, 0) is 19.3 Å². The summed E-state index contributed by atoms with van der Waals surface area (Å²) in [6.07, 6.45) is 0.201. The summed E-state index contributed by atoms with van der Waals surface area (Å²) in [5, 5.41) is 3.40. The smallest absolute Gasteiger partial charge is 0.163 e. The Hall–Kier alpha value is -0.120. The van der Waals surface area contributed by atoms with E-state index in [2.05, 4.69) is 26.1 Å². The van der Waals surface area contributed by atoms with Gasteiger partial charge < -0.3 is 14.8 Å². The zero-order valence-corrected chi connectivity index (χ0v) is 10.0. The van der Waals surface area contributed by atoms with Crippen molar-refractivity contribution in [3.63, 3.8) is 0 Å². The zero-order valence-electron chi connectivity index (χ0n) is 10.0. The minimum atomic E-state index is -0.395. The monoisotopic (exact) mass is 201 g/mol. The predicted octanol–water partition coefficient (Wildman–Crippen LogP) is 1.77. The maximum atomic E-state index is 5.68. The second-order valence-corrected chi connectivity index (χ2v) is 5.64. The van der Waals surface area contributed by atoms with Gasteiger partial charge in [-0.25, -0.2) is 0 Å². The van der Waals surface area contributed by atoms with Gasteiger partial charge in [0.25, 0.3) is 0 Å². The van der Waals surface area contributed by atoms with Gasteiger partial charge in [-0.15, -0.1) is 0 Å². The van der Waals surface area contributed by atoms with Crippen LogP contribution >= 0.6 is 0 Å². The molecular formula is C11H23NO2. The van der Waals surface area contributed by atoms with Gasteiger partial charge in [0.1, 0.15) is 0 Å². The Morgan fingerprint density at radius 3 is 2.43 bits per heavy atom. The fraction of sp³-hybridized carbons (Fsp3) is 1.00. The second-order valence-electron chi connectivity index (χ2n) is 5.64. The summed E-state index contributed by atoms with van der Waals surface area (Å²) >= 11 is 0. The van der Waals surface area contributed by atoms with Crippen molar-refractivity contribution in [2.45, 2.75) is 46.5 Å². The Bertz CT molecular complexity index is 184. The molecule has 3 heteroatoms. The number of hydrogen-bond donors (Lipinski definition) is 1. The molecule has 1 aliphatic heterocycles. The molecule has 1 unspecified atom stereocenters. The first kappa shape index (κ1) is 12.0. The molecule has 1 saturated heterocycles. The van der Waals surface area contributed by atoms with E-state index in [1.54, 1.807) is 0 Å². The van der Waals surface area contributed by atoms with E-state index < -0.39 is 5.79 Å². The quantitative estimate of drug-likeness (QED) is 0.755. The minimum Gasteiger partial charge on any atom is -0.348 e. The van der Waals surface area contributed by atoms with Crippen LogP contribution in [-0.2, 0) is 9.47 Å². The van der Waals surface area contributed by atoms with E-state index in [1.807, 2.05) is 13.8 Å². The average Bonchev–Trinajstić information content (AvgIpc) is 2.27. The first-order valence-electron chi connectivity index (χ1n) is 5.31. The van der Waals surface area contributed by atoms with Gasteiger partial charge in [0, 0.05) is 13.1 Å². The highest BCUT2D eigenvalue weighted by Gasteiger charge is 2.32. The van der Waals surface area contributed by atoms with Crippen LogP contribution in [0.5, 0.6) is 0 Å². The third-order valence-electron chi connectivity index (χ3n) is 2.09. The molecule has 1 fully saturated rings. The lowest BCUT2D eigenvalue weighted by Crippen LogP contribution is -2.35. The van der Waals surface area contributed by atoms with E-state index >= 15 is 0 Å². The van der Waals surface area contributed by atoms with Gasteiger partial charge in [0.15, 0.2) is 5.79 Å². The molecule has 0 spiro atoms. The maximum Gasteiger partial charge on any atom is 0.163 e. The molecule has 3 nitrogen and oxygen atoms in total. The van der Waals surface area contributed by atoms with Crippen molar-refractivity contribution >= 4 is 0 Å². The van der Waals surface area contributed by atoms with E-state index in [0.717, 1.165) is 13.1 Å². The van der Waals surface area contributed by atoms with Gasteiger partial charge in [-0.2, -0.15) is 0 Å². The van der Waals surface area contributed by atoms with Crippen molar-refractivity contribution in [1.29, 1.82) is 0 Å². The van der Waals surface area contributed by atoms with Crippen molar-refractivity contribution in [2.75, 3.05) is 19.7 Å². The van der Waals surface area contributed by atoms with E-state index in [0.29, 0.717) is 12.0 Å². The standard InChI is InChI=1S/C11H23NO2/c1-10(2,3)8-12-6-9-7-13-11(4,5)14-9/h9,12H,6-8H2,1-5H3. The fourth-order valence-electron chi connectivity index (χ4n) is 1.47. The highest BCUT2D eigenvalue weighted by atomic mass is 16.7. The molecular weight excluding hydrogens is 178 g/mol. The van der Waals surface area contributed by atoms with E-state index in [4.69, 9.17) is 9.47 Å². The molecule has 0 aromatic carbocycles. The van der Waals surface area contributed by atoms with Crippen LogP contribution in [0, 0.1) is 5.41 Å².